The summed E-state index contributed by atoms with van der Waals surface area (Å²) in [7, 11) is 0. The maximum absolute atomic E-state index is 11.7. The number of hydrogen-bond acceptors (Lipinski definition) is 7. The molecule has 3 heterocycles. The van der Waals surface area contributed by atoms with E-state index < -0.39 is 24.5 Å². The van der Waals surface area contributed by atoms with Gasteiger partial charge < -0.3 is 24.7 Å². The van der Waals surface area contributed by atoms with Gasteiger partial charge in [0.05, 0.1) is 25.9 Å². The fourth-order valence-corrected chi connectivity index (χ4v) is 2.50. The summed E-state index contributed by atoms with van der Waals surface area (Å²) in [6.07, 6.45) is 0.894. The van der Waals surface area contributed by atoms with Gasteiger partial charge in [-0.1, -0.05) is 6.08 Å². The van der Waals surface area contributed by atoms with E-state index in [4.69, 9.17) is 9.47 Å². The monoisotopic (exact) mass is 308 g/mol. The van der Waals surface area contributed by atoms with Gasteiger partial charge >= 0.3 is 0 Å². The molecule has 0 saturated carbocycles. The zero-order chi connectivity index (χ0) is 15.7. The van der Waals surface area contributed by atoms with Gasteiger partial charge in [0.1, 0.15) is 18.3 Å². The minimum atomic E-state index is -1.02. The smallest absolute Gasteiger partial charge is 0.278 e. The zero-order valence-electron chi connectivity index (χ0n) is 11.6. The third-order valence-electron chi connectivity index (χ3n) is 3.54. The lowest BCUT2D eigenvalue weighted by atomic mass is 10.1. The predicted molar refractivity (Wildman–Crippen MR) is 75.1 cm³/mol. The SMILES string of the molecule is C=CCO[C@@H]1[C@H](O)[C@@H](CO)O[C@H]1n1cnc2c(=O)[nH]cnc21. The highest BCUT2D eigenvalue weighted by atomic mass is 16.6. The van der Waals surface area contributed by atoms with Crippen LogP contribution in [0.3, 0.4) is 0 Å². The molecule has 0 aromatic carbocycles. The zero-order valence-corrected chi connectivity index (χ0v) is 11.6. The Morgan fingerprint density at radius 1 is 1.55 bits per heavy atom. The third-order valence-corrected chi connectivity index (χ3v) is 3.54. The standard InChI is InChI=1S/C13H16N4O5/c1-2-3-21-10-9(19)7(4-18)22-13(10)17-6-16-8-11(17)14-5-15-12(8)20/h2,5-7,9-10,13,18-19H,1,3-4H2,(H,14,15,20)/t7-,9-,10-,13-/m1/s1. The number of fused-ring (bicyclic) bond motifs is 1. The summed E-state index contributed by atoms with van der Waals surface area (Å²) in [5.74, 6) is 0. The Bertz CT molecular complexity index is 727. The fraction of sp³-hybridized carbons (Fsp3) is 0.462. The Balaban J connectivity index is 2.01. The molecule has 3 N–H and O–H groups in total. The Morgan fingerprint density at radius 3 is 3.09 bits per heavy atom. The van der Waals surface area contributed by atoms with E-state index in [1.807, 2.05) is 0 Å². The second-order valence-electron chi connectivity index (χ2n) is 4.88. The van der Waals surface area contributed by atoms with Crippen LogP contribution >= 0.6 is 0 Å². The molecule has 1 saturated heterocycles. The average molecular weight is 308 g/mol. The highest BCUT2D eigenvalue weighted by molar-refractivity contribution is 5.68. The summed E-state index contributed by atoms with van der Waals surface area (Å²) in [4.78, 5) is 22.2. The number of rotatable bonds is 5. The minimum absolute atomic E-state index is 0.163. The number of nitrogens with zero attached hydrogens (tertiary/aromatic N) is 3. The fourth-order valence-electron chi connectivity index (χ4n) is 2.50. The molecule has 2 aromatic rings. The van der Waals surface area contributed by atoms with Crippen LogP contribution in [-0.4, -0.2) is 61.3 Å². The molecular formula is C13H16N4O5. The van der Waals surface area contributed by atoms with Crippen LogP contribution in [0.25, 0.3) is 11.2 Å². The Morgan fingerprint density at radius 2 is 2.36 bits per heavy atom. The van der Waals surface area contributed by atoms with Crippen molar-refractivity contribution in [1.82, 2.24) is 19.5 Å². The molecule has 3 rings (SSSR count). The summed E-state index contributed by atoms with van der Waals surface area (Å²) in [5, 5.41) is 19.5. The lowest BCUT2D eigenvalue weighted by molar-refractivity contribution is -0.0645. The summed E-state index contributed by atoms with van der Waals surface area (Å²) in [5.41, 5.74) is 0.104. The number of hydrogen-bond donors (Lipinski definition) is 3. The van der Waals surface area contributed by atoms with Crippen LogP contribution in [0, 0.1) is 0 Å². The molecule has 0 radical (unpaired) electrons. The van der Waals surface area contributed by atoms with E-state index in [0.717, 1.165) is 0 Å². The van der Waals surface area contributed by atoms with E-state index >= 15 is 0 Å². The highest BCUT2D eigenvalue weighted by Crippen LogP contribution is 2.32. The third kappa shape index (κ3) is 2.33. The van der Waals surface area contributed by atoms with Gasteiger partial charge in [-0.05, 0) is 0 Å². The van der Waals surface area contributed by atoms with E-state index in [1.54, 1.807) is 6.08 Å². The van der Waals surface area contributed by atoms with Gasteiger partial charge in [-0.25, -0.2) is 9.97 Å². The second kappa shape index (κ2) is 5.97. The number of H-pyrrole nitrogens is 1. The predicted octanol–water partition coefficient (Wildman–Crippen LogP) is -1.06. The maximum atomic E-state index is 11.7. The van der Waals surface area contributed by atoms with E-state index in [9.17, 15) is 15.0 Å². The van der Waals surface area contributed by atoms with Crippen LogP contribution in [0.5, 0.6) is 0 Å². The van der Waals surface area contributed by atoms with Crippen molar-refractivity contribution in [3.8, 4) is 0 Å². The number of aromatic nitrogens is 4. The molecule has 0 bridgehead atoms. The van der Waals surface area contributed by atoms with Gasteiger partial charge in [0.25, 0.3) is 5.56 Å². The molecule has 1 fully saturated rings. The van der Waals surface area contributed by atoms with Crippen molar-refractivity contribution in [3.05, 3.63) is 35.7 Å². The number of nitrogens with one attached hydrogen (secondary N) is 1. The van der Waals surface area contributed by atoms with Crippen LogP contribution < -0.4 is 5.56 Å². The molecule has 2 aromatic heterocycles. The largest absolute Gasteiger partial charge is 0.394 e. The molecule has 118 valence electrons. The summed E-state index contributed by atoms with van der Waals surface area (Å²) < 4.78 is 12.7. The number of aliphatic hydroxyl groups is 2. The van der Waals surface area contributed by atoms with Crippen LogP contribution in [0.1, 0.15) is 6.23 Å². The van der Waals surface area contributed by atoms with Gasteiger partial charge in [0.15, 0.2) is 17.4 Å². The first-order valence-electron chi connectivity index (χ1n) is 6.74. The second-order valence-corrected chi connectivity index (χ2v) is 4.88. The van der Waals surface area contributed by atoms with Crippen LogP contribution in [0.4, 0.5) is 0 Å². The van der Waals surface area contributed by atoms with Gasteiger partial charge in [-0.15, -0.1) is 6.58 Å². The van der Waals surface area contributed by atoms with Gasteiger partial charge in [-0.3, -0.25) is 9.36 Å². The Kier molecular flexibility index (Phi) is 4.03. The van der Waals surface area contributed by atoms with Gasteiger partial charge in [0, 0.05) is 0 Å². The van der Waals surface area contributed by atoms with E-state index in [1.165, 1.54) is 17.2 Å². The Hall–Kier alpha value is -2.07. The van der Waals surface area contributed by atoms with E-state index in [2.05, 4.69) is 21.5 Å². The molecule has 0 aliphatic carbocycles. The summed E-state index contributed by atoms with van der Waals surface area (Å²) in [6, 6.07) is 0. The Labute approximate surface area is 124 Å². The van der Waals surface area contributed by atoms with Crippen molar-refractivity contribution < 1.29 is 19.7 Å². The number of aromatic amines is 1. The average Bonchev–Trinajstić information content (AvgIpc) is 3.07. The van der Waals surface area contributed by atoms with E-state index in [-0.39, 0.29) is 24.3 Å². The van der Waals surface area contributed by atoms with Crippen LogP contribution in [0.15, 0.2) is 30.1 Å². The number of aliphatic hydroxyl groups excluding tert-OH is 2. The number of ether oxygens (including phenoxy) is 2. The molecule has 1 aliphatic heterocycles. The first-order chi connectivity index (χ1) is 10.7. The molecular weight excluding hydrogens is 292 g/mol. The molecule has 9 nitrogen and oxygen atoms in total. The van der Waals surface area contributed by atoms with Crippen LogP contribution in [-0.2, 0) is 9.47 Å². The van der Waals surface area contributed by atoms with Crippen molar-refractivity contribution in [1.29, 1.82) is 0 Å². The van der Waals surface area contributed by atoms with Crippen molar-refractivity contribution >= 4 is 11.2 Å². The van der Waals surface area contributed by atoms with Crippen molar-refractivity contribution in [3.63, 3.8) is 0 Å². The molecule has 9 heteroatoms. The first kappa shape index (κ1) is 14.9. The van der Waals surface area contributed by atoms with Crippen molar-refractivity contribution in [2.75, 3.05) is 13.2 Å². The lowest BCUT2D eigenvalue weighted by Crippen LogP contribution is -2.35. The van der Waals surface area contributed by atoms with Crippen molar-refractivity contribution in [2.45, 2.75) is 24.5 Å². The molecule has 4 atom stereocenters. The molecule has 22 heavy (non-hydrogen) atoms. The molecule has 0 spiro atoms. The normalized spacial score (nSPS) is 28.3. The summed E-state index contributed by atoms with van der Waals surface area (Å²) >= 11 is 0. The van der Waals surface area contributed by atoms with E-state index in [0.29, 0.717) is 5.65 Å². The van der Waals surface area contributed by atoms with Crippen molar-refractivity contribution in [2.24, 2.45) is 0 Å². The first-order valence-corrected chi connectivity index (χ1v) is 6.74. The molecule has 0 unspecified atom stereocenters. The molecule has 1 aliphatic rings. The van der Waals surface area contributed by atoms with Gasteiger partial charge in [0.2, 0.25) is 0 Å². The quantitative estimate of drug-likeness (QED) is 0.602. The van der Waals surface area contributed by atoms with Crippen LogP contribution in [0.2, 0.25) is 0 Å². The van der Waals surface area contributed by atoms with Gasteiger partial charge in [-0.2, -0.15) is 0 Å². The highest BCUT2D eigenvalue weighted by Gasteiger charge is 2.45. The maximum Gasteiger partial charge on any atom is 0.278 e. The topological polar surface area (TPSA) is 122 Å². The number of imidazole rings is 1. The lowest BCUT2D eigenvalue weighted by Gasteiger charge is -2.21. The minimum Gasteiger partial charge on any atom is -0.394 e. The summed E-state index contributed by atoms with van der Waals surface area (Å²) in [6.45, 7) is 3.42. The molecule has 0 amide bonds.